The summed E-state index contributed by atoms with van der Waals surface area (Å²) >= 11 is 0. The molecular weight excluding hydrogens is 292 g/mol. The van der Waals surface area contributed by atoms with Crippen LogP contribution in [0.2, 0.25) is 0 Å². The Morgan fingerprint density at radius 3 is 2.44 bits per heavy atom. The number of hydrogen-bond donors (Lipinski definition) is 0. The van der Waals surface area contributed by atoms with Crippen LogP contribution in [0.15, 0.2) is 18.3 Å². The maximum absolute atomic E-state index is 8.24. The average molecular weight is 299 g/mol. The van der Waals surface area contributed by atoms with Crippen LogP contribution >= 0.6 is 0 Å². The van der Waals surface area contributed by atoms with Crippen molar-refractivity contribution in [2.24, 2.45) is 0 Å². The van der Waals surface area contributed by atoms with Crippen molar-refractivity contribution in [3.63, 3.8) is 0 Å². The third-order valence-electron chi connectivity index (χ3n) is 0.709. The number of nitrogens with zero attached hydrogens (tertiary/aromatic N) is 2. The third kappa shape index (κ3) is 3.22. The van der Waals surface area contributed by atoms with Gasteiger partial charge < -0.3 is 17.8 Å². The quantitative estimate of drug-likeness (QED) is 0.565. The van der Waals surface area contributed by atoms with E-state index >= 15 is 0 Å². The molecule has 2 nitrogen and oxygen atoms in total. The molecule has 0 aliphatic carbocycles. The Labute approximate surface area is 68.5 Å². The molecule has 0 atom stereocenters. The van der Waals surface area contributed by atoms with Crippen molar-refractivity contribution < 1.29 is 20.1 Å². The predicted octanol–water partition coefficient (Wildman–Crippen LogP) is 1.08. The first kappa shape index (κ1) is 11.4. The molecule has 0 N–H and O–H groups in total. The Hall–Kier alpha value is -0.401. The van der Waals surface area contributed by atoms with E-state index < -0.39 is 0 Å². The molecule has 0 amide bonds. The van der Waals surface area contributed by atoms with Crippen molar-refractivity contribution in [1.29, 1.82) is 0 Å². The summed E-state index contributed by atoms with van der Waals surface area (Å²) in [5, 5.41) is 8.24. The van der Waals surface area contributed by atoms with E-state index in [9.17, 15) is 0 Å². The zero-order valence-electron chi connectivity index (χ0n) is 5.04. The predicted molar refractivity (Wildman–Crippen MR) is 34.7 cm³/mol. The Morgan fingerprint density at radius 1 is 1.56 bits per heavy atom. The largest absolute Gasteiger partial charge is 3.00 e. The fourth-order valence-corrected chi connectivity index (χ4v) is 0.390. The van der Waals surface area contributed by atoms with Crippen molar-refractivity contribution in [3.05, 3.63) is 36.9 Å². The number of rotatable bonds is 1. The van der Waals surface area contributed by atoms with E-state index in [-0.39, 0.29) is 27.5 Å². The maximum Gasteiger partial charge on any atom is 3.00 e. The molecule has 0 aliphatic heterocycles. The Balaban J connectivity index is 0. The first-order valence-electron chi connectivity index (χ1n) is 1.98. The van der Waals surface area contributed by atoms with Gasteiger partial charge in [0.1, 0.15) is 0 Å². The van der Waals surface area contributed by atoms with Gasteiger partial charge in [-0.15, -0.1) is 0 Å². The van der Waals surface area contributed by atoms with Crippen LogP contribution in [0.4, 0.5) is 0 Å². The fraction of sp³-hybridized carbons (Fsp3) is 0. The molecule has 0 bridgehead atoms. The summed E-state index contributed by atoms with van der Waals surface area (Å²) in [6.07, 6.45) is 2.60. The van der Waals surface area contributed by atoms with Crippen LogP contribution in [-0.2, 0) is 20.1 Å². The molecule has 0 aliphatic rings. The van der Waals surface area contributed by atoms with Crippen LogP contribution in [-0.4, -0.2) is 6.21 Å². The minimum atomic E-state index is 0. The van der Waals surface area contributed by atoms with E-state index in [1.807, 2.05) is 0 Å². The van der Waals surface area contributed by atoms with Gasteiger partial charge in [-0.2, -0.15) is 11.9 Å². The molecule has 1 rings (SSSR count). The van der Waals surface area contributed by atoms with Gasteiger partial charge in [0.2, 0.25) is 0 Å². The first-order valence-corrected chi connectivity index (χ1v) is 1.98. The van der Waals surface area contributed by atoms with Gasteiger partial charge in [0.05, 0.1) is 0 Å². The Morgan fingerprint density at radius 2 is 2.22 bits per heavy atom. The Bertz CT molecular complexity index is 146. The standard InChI is InChI=1S/C5H4N2.CH3.Ir/c6-4-5-2-1-3-7-5;;/h1-4H;1H3;/q-2;-1;+3. The second kappa shape index (κ2) is 5.73. The SMILES string of the molecule is [CH3-].[Ir+3].[N-]=Cc1ccc[n-]1. The van der Waals surface area contributed by atoms with Gasteiger partial charge in [-0.25, -0.2) is 6.21 Å². The summed E-state index contributed by atoms with van der Waals surface area (Å²) in [6, 6.07) is 3.49. The normalized spacial score (nSPS) is 6.67. The van der Waals surface area contributed by atoms with Gasteiger partial charge >= 0.3 is 20.1 Å². The minimum Gasteiger partial charge on any atom is -0.812 e. The van der Waals surface area contributed by atoms with Crippen LogP contribution in [0.5, 0.6) is 0 Å². The average Bonchev–Trinajstić information content (AvgIpc) is 2.14. The van der Waals surface area contributed by atoms with E-state index in [0.29, 0.717) is 5.69 Å². The van der Waals surface area contributed by atoms with Crippen molar-refractivity contribution >= 4 is 6.21 Å². The van der Waals surface area contributed by atoms with Crippen LogP contribution in [0.1, 0.15) is 5.69 Å². The number of hydrogen-bond acceptors (Lipinski definition) is 0. The zero-order chi connectivity index (χ0) is 5.11. The van der Waals surface area contributed by atoms with Crippen LogP contribution < -0.4 is 4.98 Å². The molecule has 1 aromatic rings. The molecule has 0 aromatic carbocycles. The van der Waals surface area contributed by atoms with Gasteiger partial charge in [-0.1, -0.05) is 12.1 Å². The third-order valence-corrected chi connectivity index (χ3v) is 0.709. The van der Waals surface area contributed by atoms with E-state index in [2.05, 4.69) is 4.98 Å². The second-order valence-corrected chi connectivity index (χ2v) is 1.19. The molecule has 3 heteroatoms. The maximum atomic E-state index is 8.24. The van der Waals surface area contributed by atoms with E-state index in [1.54, 1.807) is 18.3 Å². The summed E-state index contributed by atoms with van der Waals surface area (Å²) < 4.78 is 0. The zero-order valence-corrected chi connectivity index (χ0v) is 7.43. The molecule has 50 valence electrons. The number of aromatic nitrogens is 1. The first-order chi connectivity index (χ1) is 3.43. The molecule has 0 saturated heterocycles. The van der Waals surface area contributed by atoms with Gasteiger partial charge in [-0.05, 0) is 0 Å². The van der Waals surface area contributed by atoms with Gasteiger partial charge in [0.15, 0.2) is 0 Å². The summed E-state index contributed by atoms with van der Waals surface area (Å²) in [4.78, 5) is 3.73. The van der Waals surface area contributed by atoms with Crippen LogP contribution in [0.25, 0.3) is 5.41 Å². The van der Waals surface area contributed by atoms with Crippen molar-refractivity contribution in [3.8, 4) is 0 Å². The van der Waals surface area contributed by atoms with Crippen molar-refractivity contribution in [2.75, 3.05) is 0 Å². The molecule has 0 saturated carbocycles. The Kier molecular flexibility index (Phi) is 7.26. The molecule has 1 heterocycles. The van der Waals surface area contributed by atoms with E-state index in [1.165, 1.54) is 0 Å². The van der Waals surface area contributed by atoms with Crippen LogP contribution in [0.3, 0.4) is 0 Å². The smallest absolute Gasteiger partial charge is 0.812 e. The summed E-state index contributed by atoms with van der Waals surface area (Å²) in [6.45, 7) is 0. The van der Waals surface area contributed by atoms with Crippen molar-refractivity contribution in [2.45, 2.75) is 0 Å². The second-order valence-electron chi connectivity index (χ2n) is 1.19. The molecule has 0 radical (unpaired) electrons. The van der Waals surface area contributed by atoms with E-state index in [0.717, 1.165) is 6.21 Å². The van der Waals surface area contributed by atoms with Crippen LogP contribution in [0, 0.1) is 7.43 Å². The van der Waals surface area contributed by atoms with E-state index in [4.69, 9.17) is 5.41 Å². The molecule has 9 heavy (non-hydrogen) atoms. The molecular formula is C6H7IrN2. The summed E-state index contributed by atoms with van der Waals surface area (Å²) in [5.74, 6) is 0. The molecule has 0 unspecified atom stereocenters. The summed E-state index contributed by atoms with van der Waals surface area (Å²) in [5.41, 5.74) is 0.611. The van der Waals surface area contributed by atoms with Gasteiger partial charge in [-0.3, -0.25) is 0 Å². The summed E-state index contributed by atoms with van der Waals surface area (Å²) in [7, 11) is 0. The molecule has 1 aromatic heterocycles. The van der Waals surface area contributed by atoms with Gasteiger partial charge in [0.25, 0.3) is 0 Å². The molecule has 0 spiro atoms. The van der Waals surface area contributed by atoms with Gasteiger partial charge in [0, 0.05) is 0 Å². The topological polar surface area (TPSA) is 36.4 Å². The minimum absolute atomic E-state index is 0. The fourth-order valence-electron chi connectivity index (χ4n) is 0.390. The monoisotopic (exact) mass is 300 g/mol. The van der Waals surface area contributed by atoms with Crippen molar-refractivity contribution in [1.82, 2.24) is 4.98 Å². The molecule has 0 fully saturated rings.